The molecule has 0 aliphatic heterocycles. The Morgan fingerprint density at radius 3 is 2.50 bits per heavy atom. The standard InChI is InChI=1S/C31H36FN3O3/c1-20(2)35(21(3)4)16-25-13-26(10-11-27(25)28-14-31(38-19-33)34-15-30(28)32)37-18-22-6-5-7-24(12-22)29(17-36)23-8-9-23/h5-7,10-15,20-21,23,29,36H,8-9,16-18H2,1-4H3. The number of hydrogen-bond donors (Lipinski definition) is 1. The third kappa shape index (κ3) is 6.69. The van der Waals surface area contributed by atoms with Gasteiger partial charge in [-0.05, 0) is 80.8 Å². The minimum atomic E-state index is -0.489. The Morgan fingerprint density at radius 2 is 1.84 bits per heavy atom. The molecule has 4 rings (SSSR count). The molecule has 1 fully saturated rings. The van der Waals surface area contributed by atoms with Gasteiger partial charge < -0.3 is 14.6 Å². The van der Waals surface area contributed by atoms with Gasteiger partial charge in [0.05, 0.1) is 12.8 Å². The summed E-state index contributed by atoms with van der Waals surface area (Å²) in [6, 6.07) is 15.9. The van der Waals surface area contributed by atoms with Crippen LogP contribution < -0.4 is 9.47 Å². The van der Waals surface area contributed by atoms with E-state index in [1.54, 1.807) is 6.26 Å². The molecule has 0 bridgehead atoms. The fourth-order valence-electron chi connectivity index (χ4n) is 5.05. The van der Waals surface area contributed by atoms with E-state index in [4.69, 9.17) is 14.7 Å². The highest BCUT2D eigenvalue weighted by Gasteiger charge is 2.31. The van der Waals surface area contributed by atoms with Crippen LogP contribution in [-0.4, -0.2) is 33.7 Å². The molecule has 200 valence electrons. The monoisotopic (exact) mass is 517 g/mol. The number of benzene rings is 2. The molecule has 0 spiro atoms. The summed E-state index contributed by atoms with van der Waals surface area (Å²) in [5.74, 6) is 1.00. The maximum atomic E-state index is 14.9. The van der Waals surface area contributed by atoms with Crippen molar-refractivity contribution in [2.45, 2.75) is 71.7 Å². The Kier molecular flexibility index (Phi) is 8.98. The van der Waals surface area contributed by atoms with Crippen molar-refractivity contribution >= 4 is 0 Å². The highest BCUT2D eigenvalue weighted by Crippen LogP contribution is 2.42. The number of aliphatic hydroxyl groups excluding tert-OH is 1. The number of aromatic nitrogens is 1. The summed E-state index contributed by atoms with van der Waals surface area (Å²) in [4.78, 5) is 6.18. The lowest BCUT2D eigenvalue weighted by Gasteiger charge is -2.31. The molecule has 1 aliphatic rings. The highest BCUT2D eigenvalue weighted by atomic mass is 19.1. The molecule has 0 saturated heterocycles. The molecule has 1 aliphatic carbocycles. The van der Waals surface area contributed by atoms with Crippen LogP contribution in [-0.2, 0) is 13.2 Å². The van der Waals surface area contributed by atoms with Gasteiger partial charge in [-0.2, -0.15) is 0 Å². The van der Waals surface area contributed by atoms with E-state index in [1.165, 1.54) is 18.9 Å². The van der Waals surface area contributed by atoms with Crippen LogP contribution in [0.2, 0.25) is 0 Å². The van der Waals surface area contributed by atoms with Crippen molar-refractivity contribution in [1.29, 1.82) is 5.26 Å². The molecule has 7 heteroatoms. The third-order valence-electron chi connectivity index (χ3n) is 7.20. The fraction of sp³-hybridized carbons (Fsp3) is 0.419. The molecular weight excluding hydrogens is 481 g/mol. The zero-order chi connectivity index (χ0) is 27.2. The van der Waals surface area contributed by atoms with E-state index in [1.807, 2.05) is 30.3 Å². The second-order valence-corrected chi connectivity index (χ2v) is 10.5. The first-order valence-corrected chi connectivity index (χ1v) is 13.2. The highest BCUT2D eigenvalue weighted by molar-refractivity contribution is 5.69. The minimum absolute atomic E-state index is 0.0482. The van der Waals surface area contributed by atoms with Gasteiger partial charge in [0, 0.05) is 36.2 Å². The van der Waals surface area contributed by atoms with E-state index in [-0.39, 0.29) is 30.5 Å². The molecule has 1 saturated carbocycles. The van der Waals surface area contributed by atoms with Gasteiger partial charge >= 0.3 is 0 Å². The van der Waals surface area contributed by atoms with Crippen LogP contribution >= 0.6 is 0 Å². The normalized spacial score (nSPS) is 14.1. The van der Waals surface area contributed by atoms with E-state index >= 15 is 0 Å². The zero-order valence-corrected chi connectivity index (χ0v) is 22.5. The smallest absolute Gasteiger partial charge is 0.293 e. The summed E-state index contributed by atoms with van der Waals surface area (Å²) in [5.41, 5.74) is 4.11. The van der Waals surface area contributed by atoms with Gasteiger partial charge in [0.2, 0.25) is 5.88 Å². The molecule has 38 heavy (non-hydrogen) atoms. The van der Waals surface area contributed by atoms with Crippen molar-refractivity contribution in [2.24, 2.45) is 5.92 Å². The zero-order valence-electron chi connectivity index (χ0n) is 22.5. The van der Waals surface area contributed by atoms with Gasteiger partial charge in [-0.1, -0.05) is 30.3 Å². The average Bonchev–Trinajstić information content (AvgIpc) is 3.73. The van der Waals surface area contributed by atoms with Gasteiger partial charge in [0.25, 0.3) is 6.26 Å². The number of ether oxygens (including phenoxy) is 2. The van der Waals surface area contributed by atoms with Crippen LogP contribution in [0.25, 0.3) is 11.1 Å². The van der Waals surface area contributed by atoms with Gasteiger partial charge in [-0.25, -0.2) is 9.37 Å². The van der Waals surface area contributed by atoms with Crippen molar-refractivity contribution in [1.82, 2.24) is 9.88 Å². The summed E-state index contributed by atoms with van der Waals surface area (Å²) in [7, 11) is 0. The molecule has 3 aromatic rings. The quantitative estimate of drug-likeness (QED) is 0.279. The topological polar surface area (TPSA) is 78.6 Å². The number of halogens is 1. The molecule has 2 aromatic carbocycles. The number of nitriles is 1. The number of rotatable bonds is 12. The van der Waals surface area contributed by atoms with Crippen molar-refractivity contribution in [3.05, 3.63) is 77.2 Å². The Bertz CT molecular complexity index is 1280. The van der Waals surface area contributed by atoms with Crippen LogP contribution in [0.3, 0.4) is 0 Å². The number of pyridine rings is 1. The SMILES string of the molecule is CC(C)N(Cc1cc(OCc2cccc(C(CO)C3CC3)c2)ccc1-c1cc(OC#N)ncc1F)C(C)C. The molecule has 1 aromatic heterocycles. The Balaban J connectivity index is 1.63. The molecule has 1 unspecified atom stereocenters. The van der Waals surface area contributed by atoms with E-state index < -0.39 is 5.82 Å². The number of aliphatic hydroxyl groups is 1. The first kappa shape index (κ1) is 27.6. The summed E-state index contributed by atoms with van der Waals surface area (Å²) in [5, 5.41) is 18.8. The van der Waals surface area contributed by atoms with Crippen molar-refractivity contribution in [3.63, 3.8) is 0 Å². The lowest BCUT2D eigenvalue weighted by atomic mass is 9.94. The minimum Gasteiger partial charge on any atom is -0.489 e. The van der Waals surface area contributed by atoms with Gasteiger partial charge in [-0.15, -0.1) is 5.26 Å². The molecule has 0 amide bonds. The van der Waals surface area contributed by atoms with E-state index in [0.29, 0.717) is 35.9 Å². The first-order valence-electron chi connectivity index (χ1n) is 13.2. The van der Waals surface area contributed by atoms with Gasteiger partial charge in [-0.3, -0.25) is 4.90 Å². The van der Waals surface area contributed by atoms with Gasteiger partial charge in [0.1, 0.15) is 18.2 Å². The van der Waals surface area contributed by atoms with E-state index in [0.717, 1.165) is 22.9 Å². The lowest BCUT2D eigenvalue weighted by molar-refractivity contribution is 0.166. The third-order valence-corrected chi connectivity index (χ3v) is 7.20. The Labute approximate surface area is 224 Å². The van der Waals surface area contributed by atoms with E-state index in [9.17, 15) is 9.50 Å². The van der Waals surface area contributed by atoms with E-state index in [2.05, 4.69) is 49.7 Å². The predicted octanol–water partition coefficient (Wildman–Crippen LogP) is 6.43. The maximum absolute atomic E-state index is 14.9. The summed E-state index contributed by atoms with van der Waals surface area (Å²) in [6.45, 7) is 9.69. The van der Waals surface area contributed by atoms with Crippen LogP contribution in [0.1, 0.15) is 63.1 Å². The number of nitrogens with zero attached hydrogens (tertiary/aromatic N) is 3. The van der Waals surface area contributed by atoms with Crippen LogP contribution in [0.15, 0.2) is 54.7 Å². The second kappa shape index (κ2) is 12.4. The largest absolute Gasteiger partial charge is 0.489 e. The second-order valence-electron chi connectivity index (χ2n) is 10.5. The lowest BCUT2D eigenvalue weighted by Crippen LogP contribution is -2.36. The van der Waals surface area contributed by atoms with Crippen LogP contribution in [0.4, 0.5) is 4.39 Å². The van der Waals surface area contributed by atoms with Gasteiger partial charge in [0.15, 0.2) is 0 Å². The van der Waals surface area contributed by atoms with Crippen LogP contribution in [0, 0.1) is 23.3 Å². The molecule has 1 N–H and O–H groups in total. The predicted molar refractivity (Wildman–Crippen MR) is 145 cm³/mol. The first-order chi connectivity index (χ1) is 18.3. The average molecular weight is 518 g/mol. The summed E-state index contributed by atoms with van der Waals surface area (Å²) >= 11 is 0. The van der Waals surface area contributed by atoms with Crippen molar-refractivity contribution in [2.75, 3.05) is 6.61 Å². The van der Waals surface area contributed by atoms with Crippen molar-refractivity contribution in [3.8, 4) is 29.0 Å². The Hall–Kier alpha value is -3.47. The summed E-state index contributed by atoms with van der Waals surface area (Å²) < 4.78 is 26.0. The number of hydrogen-bond acceptors (Lipinski definition) is 6. The maximum Gasteiger partial charge on any atom is 0.293 e. The fourth-order valence-corrected chi connectivity index (χ4v) is 5.05. The summed E-state index contributed by atoms with van der Waals surface area (Å²) in [6.07, 6.45) is 5.02. The molecule has 1 atom stereocenters. The Morgan fingerprint density at radius 1 is 1.08 bits per heavy atom. The molecule has 0 radical (unpaired) electrons. The van der Waals surface area contributed by atoms with Crippen molar-refractivity contribution < 1.29 is 19.0 Å². The molecule has 6 nitrogen and oxygen atoms in total. The molecular formula is C31H36FN3O3. The van der Waals surface area contributed by atoms with Crippen LogP contribution in [0.5, 0.6) is 11.6 Å². The molecule has 1 heterocycles.